The lowest BCUT2D eigenvalue weighted by Gasteiger charge is -2.23. The van der Waals surface area contributed by atoms with Crippen molar-refractivity contribution in [1.29, 1.82) is 0 Å². The first-order chi connectivity index (χ1) is 14.3. The Morgan fingerprint density at radius 1 is 1.23 bits per heavy atom. The molecule has 0 spiro atoms. The zero-order valence-electron chi connectivity index (χ0n) is 18.3. The van der Waals surface area contributed by atoms with Gasteiger partial charge in [0.25, 0.3) is 0 Å². The average molecular weight is 430 g/mol. The molecule has 6 nitrogen and oxygen atoms in total. The van der Waals surface area contributed by atoms with Crippen LogP contribution in [0, 0.1) is 12.8 Å². The molecule has 2 unspecified atom stereocenters. The topological polar surface area (TPSA) is 88.4 Å². The third-order valence-electron chi connectivity index (χ3n) is 5.15. The summed E-state index contributed by atoms with van der Waals surface area (Å²) in [6.07, 6.45) is 4.95. The Balaban J connectivity index is 1.74. The van der Waals surface area contributed by atoms with Crippen LogP contribution in [0.15, 0.2) is 35.2 Å². The van der Waals surface area contributed by atoms with E-state index < -0.39 is 6.10 Å². The van der Waals surface area contributed by atoms with Gasteiger partial charge in [-0.3, -0.25) is 4.98 Å². The fourth-order valence-electron chi connectivity index (χ4n) is 3.64. The Hall–Kier alpha value is -2.09. The van der Waals surface area contributed by atoms with Gasteiger partial charge in [0.05, 0.1) is 6.61 Å². The molecule has 1 aliphatic carbocycles. The molecule has 2 aromatic heterocycles. The van der Waals surface area contributed by atoms with Crippen LogP contribution in [0.25, 0.3) is 10.6 Å². The van der Waals surface area contributed by atoms with Crippen LogP contribution in [0.3, 0.4) is 0 Å². The van der Waals surface area contributed by atoms with Crippen LogP contribution in [0.4, 0.5) is 0 Å². The molecule has 1 aliphatic rings. The molecular formula is C23H31N3O3S. The van der Waals surface area contributed by atoms with E-state index in [9.17, 15) is 5.11 Å². The zero-order valence-corrected chi connectivity index (χ0v) is 19.2. The van der Waals surface area contributed by atoms with Gasteiger partial charge in [0.1, 0.15) is 28.5 Å². The molecule has 0 aliphatic heterocycles. The molecule has 30 heavy (non-hydrogen) atoms. The number of aryl methyl sites for hydroxylation is 1. The second-order valence-corrected chi connectivity index (χ2v) is 9.46. The van der Waals surface area contributed by atoms with Crippen LogP contribution in [0.5, 0.6) is 0 Å². The maximum Gasteiger partial charge on any atom is 0.149 e. The van der Waals surface area contributed by atoms with Crippen LogP contribution >= 0.6 is 11.3 Å². The number of nitrogens with zero attached hydrogens (tertiary/aromatic N) is 3. The maximum atomic E-state index is 9.54. The van der Waals surface area contributed by atoms with Gasteiger partial charge in [-0.2, -0.15) is 0 Å². The first-order valence-corrected chi connectivity index (χ1v) is 11.2. The summed E-state index contributed by atoms with van der Waals surface area (Å²) in [5.74, 6) is 1.53. The molecule has 0 saturated carbocycles. The van der Waals surface area contributed by atoms with E-state index in [0.29, 0.717) is 5.92 Å². The van der Waals surface area contributed by atoms with Crippen molar-refractivity contribution in [2.75, 3.05) is 13.2 Å². The monoisotopic (exact) mass is 429 g/mol. The van der Waals surface area contributed by atoms with E-state index in [4.69, 9.17) is 9.84 Å². The number of aliphatic hydroxyl groups excluding tert-OH is 2. The number of aromatic nitrogens is 3. The largest absolute Gasteiger partial charge is 0.491 e. The van der Waals surface area contributed by atoms with Crippen molar-refractivity contribution in [2.45, 2.75) is 59.5 Å². The lowest BCUT2D eigenvalue weighted by atomic mass is 9.90. The van der Waals surface area contributed by atoms with Crippen molar-refractivity contribution in [3.8, 4) is 10.6 Å². The molecule has 2 heterocycles. The second-order valence-electron chi connectivity index (χ2n) is 8.45. The van der Waals surface area contributed by atoms with E-state index in [2.05, 4.69) is 48.1 Å². The molecule has 0 fully saturated rings. The van der Waals surface area contributed by atoms with E-state index in [1.807, 2.05) is 20.0 Å². The van der Waals surface area contributed by atoms with Crippen LogP contribution in [-0.4, -0.2) is 44.7 Å². The average Bonchev–Trinajstić information content (AvgIpc) is 3.18. The summed E-state index contributed by atoms with van der Waals surface area (Å²) in [5, 5.41) is 29.3. The molecule has 0 aromatic carbocycles. The van der Waals surface area contributed by atoms with Gasteiger partial charge < -0.3 is 14.9 Å². The standard InChI is InChI=1S/C23H31N3O3S/c1-13(2)6-20-14(3)7-18(10-24-20)23-26-25-22(30-23)17-8-15(4)21(16(5)9-17)29-12-19(28)11-27/h7-8,10,13,17,19,27-28H,6,9,11-12H2,1-5H3. The molecule has 7 heteroatoms. The Labute approximate surface area is 182 Å². The normalized spacial score (nSPS) is 18.0. The molecule has 2 aromatic rings. The first kappa shape index (κ1) is 22.6. The molecule has 2 atom stereocenters. The Bertz CT molecular complexity index is 949. The summed E-state index contributed by atoms with van der Waals surface area (Å²) < 4.78 is 5.73. The van der Waals surface area contributed by atoms with Gasteiger partial charge in [0.15, 0.2) is 0 Å². The summed E-state index contributed by atoms with van der Waals surface area (Å²) in [6.45, 7) is 10.3. The molecule has 0 amide bonds. The SMILES string of the molecule is CC1=CC(c2nnc(-c3cnc(CC(C)C)c(C)c3)s2)CC(C)=C1OCC(O)CO. The summed E-state index contributed by atoms with van der Waals surface area (Å²) in [4.78, 5) is 4.66. The van der Waals surface area contributed by atoms with Gasteiger partial charge in [-0.1, -0.05) is 31.3 Å². The Kier molecular flexibility index (Phi) is 7.39. The minimum Gasteiger partial charge on any atom is -0.491 e. The quantitative estimate of drug-likeness (QED) is 0.654. The van der Waals surface area contributed by atoms with Gasteiger partial charge in [-0.25, -0.2) is 0 Å². The number of aliphatic hydroxyl groups is 2. The van der Waals surface area contributed by atoms with E-state index in [1.54, 1.807) is 11.3 Å². The van der Waals surface area contributed by atoms with Crippen molar-refractivity contribution in [1.82, 2.24) is 15.2 Å². The lowest BCUT2D eigenvalue weighted by molar-refractivity contribution is 0.0309. The van der Waals surface area contributed by atoms with Crippen molar-refractivity contribution in [3.05, 3.63) is 51.5 Å². The van der Waals surface area contributed by atoms with Gasteiger partial charge >= 0.3 is 0 Å². The third-order valence-corrected chi connectivity index (χ3v) is 6.25. The van der Waals surface area contributed by atoms with Gasteiger partial charge in [-0.05, 0) is 62.3 Å². The molecule has 0 bridgehead atoms. The summed E-state index contributed by atoms with van der Waals surface area (Å²) in [6, 6.07) is 2.15. The van der Waals surface area contributed by atoms with E-state index in [-0.39, 0.29) is 19.1 Å². The maximum absolute atomic E-state index is 9.54. The molecule has 162 valence electrons. The molecule has 0 saturated heterocycles. The van der Waals surface area contributed by atoms with Gasteiger partial charge in [0.2, 0.25) is 0 Å². The first-order valence-electron chi connectivity index (χ1n) is 10.4. The van der Waals surface area contributed by atoms with Crippen molar-refractivity contribution in [2.24, 2.45) is 5.92 Å². The highest BCUT2D eigenvalue weighted by Gasteiger charge is 2.24. The number of ether oxygens (including phenoxy) is 1. The van der Waals surface area contributed by atoms with E-state index >= 15 is 0 Å². The minimum absolute atomic E-state index is 0.0845. The lowest BCUT2D eigenvalue weighted by Crippen LogP contribution is -2.20. The Morgan fingerprint density at radius 3 is 2.63 bits per heavy atom. The van der Waals surface area contributed by atoms with E-state index in [0.717, 1.165) is 51.0 Å². The van der Waals surface area contributed by atoms with Crippen LogP contribution < -0.4 is 0 Å². The summed E-state index contributed by atoms with van der Waals surface area (Å²) in [7, 11) is 0. The molecule has 3 rings (SSSR count). The smallest absolute Gasteiger partial charge is 0.149 e. The second kappa shape index (κ2) is 9.81. The number of pyridine rings is 1. The van der Waals surface area contributed by atoms with E-state index in [1.165, 1.54) is 5.56 Å². The fraction of sp³-hybridized carbons (Fsp3) is 0.522. The number of allylic oxidation sites excluding steroid dienone is 3. The Morgan fingerprint density at radius 2 is 2.00 bits per heavy atom. The molecule has 2 N–H and O–H groups in total. The van der Waals surface area contributed by atoms with Crippen molar-refractivity contribution in [3.63, 3.8) is 0 Å². The van der Waals surface area contributed by atoms with Crippen molar-refractivity contribution < 1.29 is 14.9 Å². The molecular weight excluding hydrogens is 398 g/mol. The van der Waals surface area contributed by atoms with Crippen LogP contribution in [0.2, 0.25) is 0 Å². The highest BCUT2D eigenvalue weighted by atomic mass is 32.1. The van der Waals surface area contributed by atoms with Crippen LogP contribution in [-0.2, 0) is 11.2 Å². The summed E-state index contributed by atoms with van der Waals surface area (Å²) >= 11 is 1.60. The van der Waals surface area contributed by atoms with Gasteiger partial charge in [-0.15, -0.1) is 10.2 Å². The highest BCUT2D eigenvalue weighted by molar-refractivity contribution is 7.14. The molecule has 0 radical (unpaired) electrons. The predicted octanol–water partition coefficient (Wildman–Crippen LogP) is 4.18. The third kappa shape index (κ3) is 5.33. The van der Waals surface area contributed by atoms with Crippen molar-refractivity contribution >= 4 is 11.3 Å². The highest BCUT2D eigenvalue weighted by Crippen LogP contribution is 2.38. The predicted molar refractivity (Wildman–Crippen MR) is 119 cm³/mol. The number of hydrogen-bond acceptors (Lipinski definition) is 7. The zero-order chi connectivity index (χ0) is 21.8. The fourth-order valence-corrected chi connectivity index (χ4v) is 4.54. The minimum atomic E-state index is -0.870. The van der Waals surface area contributed by atoms with Gasteiger partial charge in [0, 0.05) is 23.4 Å². The number of rotatable bonds is 8. The van der Waals surface area contributed by atoms with Crippen LogP contribution in [0.1, 0.15) is 56.3 Å². The summed E-state index contributed by atoms with van der Waals surface area (Å²) in [5.41, 5.74) is 5.47. The number of hydrogen-bond donors (Lipinski definition) is 2.